The van der Waals surface area contributed by atoms with Gasteiger partial charge in [-0.2, -0.15) is 0 Å². The molecule has 0 bridgehead atoms. The number of carbonyl (C=O) groups is 2. The molecule has 1 aliphatic rings. The zero-order valence-corrected chi connectivity index (χ0v) is 10.8. The first-order valence-electron chi connectivity index (χ1n) is 6.45. The number of hydrogen-bond donors (Lipinski definition) is 2. The highest BCUT2D eigenvalue weighted by Crippen LogP contribution is 2.11. The smallest absolute Gasteiger partial charge is 0.234 e. The van der Waals surface area contributed by atoms with Crippen molar-refractivity contribution in [2.24, 2.45) is 0 Å². The first kappa shape index (κ1) is 14.0. The first-order valence-corrected chi connectivity index (χ1v) is 6.45. The van der Waals surface area contributed by atoms with Crippen LogP contribution in [-0.4, -0.2) is 48.9 Å². The average Bonchev–Trinajstić information content (AvgIpc) is 2.36. The van der Waals surface area contributed by atoms with Crippen molar-refractivity contribution in [2.75, 3.05) is 26.2 Å². The van der Waals surface area contributed by atoms with Gasteiger partial charge in [0.1, 0.15) is 0 Å². The van der Waals surface area contributed by atoms with Gasteiger partial charge in [-0.3, -0.25) is 9.59 Å². The topological polar surface area (TPSA) is 61.4 Å². The lowest BCUT2D eigenvalue weighted by molar-refractivity contribution is -0.132. The lowest BCUT2D eigenvalue weighted by Gasteiger charge is -2.32. The Hall–Kier alpha value is -1.10. The van der Waals surface area contributed by atoms with Crippen molar-refractivity contribution in [1.82, 2.24) is 15.5 Å². The van der Waals surface area contributed by atoms with Crippen LogP contribution in [0.4, 0.5) is 0 Å². The Morgan fingerprint density at radius 1 is 1.24 bits per heavy atom. The van der Waals surface area contributed by atoms with E-state index in [1.807, 2.05) is 18.7 Å². The van der Waals surface area contributed by atoms with Crippen LogP contribution < -0.4 is 10.6 Å². The summed E-state index contributed by atoms with van der Waals surface area (Å²) in [5.74, 6) is 0.259. The summed E-state index contributed by atoms with van der Waals surface area (Å²) in [6.07, 6.45) is 2.30. The van der Waals surface area contributed by atoms with Crippen LogP contribution in [-0.2, 0) is 9.59 Å². The predicted molar refractivity (Wildman–Crippen MR) is 66.6 cm³/mol. The first-order chi connectivity index (χ1) is 8.17. The summed E-state index contributed by atoms with van der Waals surface area (Å²) >= 11 is 0. The Balaban J connectivity index is 2.23. The summed E-state index contributed by atoms with van der Waals surface area (Å²) in [7, 11) is 0. The van der Waals surface area contributed by atoms with Crippen molar-refractivity contribution in [2.45, 2.75) is 39.2 Å². The molecule has 0 spiro atoms. The third-order valence-electron chi connectivity index (χ3n) is 3.05. The minimum absolute atomic E-state index is 0.0483. The molecule has 5 nitrogen and oxygen atoms in total. The van der Waals surface area contributed by atoms with Gasteiger partial charge in [0.25, 0.3) is 0 Å². The molecule has 1 rings (SSSR count). The second-order valence-corrected chi connectivity index (χ2v) is 4.36. The maximum atomic E-state index is 11.5. The number of nitrogens with one attached hydrogen (secondary N) is 2. The Morgan fingerprint density at radius 2 is 1.88 bits per heavy atom. The third kappa shape index (κ3) is 4.73. The van der Waals surface area contributed by atoms with Crippen molar-refractivity contribution in [3.8, 4) is 0 Å². The van der Waals surface area contributed by atoms with Crippen molar-refractivity contribution in [1.29, 1.82) is 0 Å². The number of likely N-dealkylation sites (tertiary alicyclic amines) is 1. The highest BCUT2D eigenvalue weighted by molar-refractivity contribution is 5.78. The van der Waals surface area contributed by atoms with Crippen LogP contribution >= 0.6 is 0 Å². The molecule has 0 unspecified atom stereocenters. The van der Waals surface area contributed by atoms with Gasteiger partial charge in [0, 0.05) is 25.6 Å². The number of carbonyl (C=O) groups excluding carboxylic acids is 2. The second kappa shape index (κ2) is 7.27. The predicted octanol–water partition coefficient (Wildman–Crippen LogP) is 0.113. The van der Waals surface area contributed by atoms with E-state index in [0.717, 1.165) is 32.5 Å². The summed E-state index contributed by atoms with van der Waals surface area (Å²) in [6.45, 7) is 6.56. The minimum atomic E-state index is 0.0483. The van der Waals surface area contributed by atoms with Gasteiger partial charge in [-0.25, -0.2) is 0 Å². The molecule has 1 heterocycles. The van der Waals surface area contributed by atoms with E-state index >= 15 is 0 Å². The van der Waals surface area contributed by atoms with Gasteiger partial charge in [0.2, 0.25) is 11.8 Å². The molecule has 0 aliphatic carbocycles. The van der Waals surface area contributed by atoms with Crippen LogP contribution in [0.15, 0.2) is 0 Å². The summed E-state index contributed by atoms with van der Waals surface area (Å²) in [6, 6.07) is 0.224. The number of amides is 2. The molecule has 2 N–H and O–H groups in total. The Bertz CT molecular complexity index is 260. The van der Waals surface area contributed by atoms with Crippen LogP contribution in [0.1, 0.15) is 33.1 Å². The molecule has 1 aliphatic heterocycles. The highest BCUT2D eigenvalue weighted by atomic mass is 16.2. The van der Waals surface area contributed by atoms with Crippen LogP contribution in [0.2, 0.25) is 0 Å². The van der Waals surface area contributed by atoms with E-state index < -0.39 is 0 Å². The van der Waals surface area contributed by atoms with Crippen molar-refractivity contribution >= 4 is 11.8 Å². The average molecular weight is 241 g/mol. The van der Waals surface area contributed by atoms with Crippen LogP contribution in [0, 0.1) is 0 Å². The highest BCUT2D eigenvalue weighted by Gasteiger charge is 2.22. The molecule has 1 saturated heterocycles. The molecule has 0 aromatic heterocycles. The quantitative estimate of drug-likeness (QED) is 0.718. The maximum absolute atomic E-state index is 11.5. The molecule has 2 amide bonds. The number of nitrogens with zero attached hydrogens (tertiary/aromatic N) is 1. The molecule has 0 aromatic rings. The van der Waals surface area contributed by atoms with E-state index in [-0.39, 0.29) is 17.9 Å². The molecule has 0 saturated carbocycles. The number of piperidine rings is 1. The Kier molecular flexibility index (Phi) is 5.97. The molecule has 5 heteroatoms. The van der Waals surface area contributed by atoms with E-state index in [2.05, 4.69) is 10.6 Å². The van der Waals surface area contributed by atoms with Gasteiger partial charge in [-0.1, -0.05) is 13.8 Å². The minimum Gasteiger partial charge on any atom is -0.352 e. The van der Waals surface area contributed by atoms with E-state index in [9.17, 15) is 9.59 Å². The molecular weight excluding hydrogens is 218 g/mol. The van der Waals surface area contributed by atoms with Crippen LogP contribution in [0.3, 0.4) is 0 Å². The van der Waals surface area contributed by atoms with Crippen molar-refractivity contribution in [3.63, 3.8) is 0 Å². The molecule has 0 radical (unpaired) electrons. The zero-order chi connectivity index (χ0) is 12.7. The van der Waals surface area contributed by atoms with E-state index in [0.29, 0.717) is 13.0 Å². The fourth-order valence-electron chi connectivity index (χ4n) is 2.01. The van der Waals surface area contributed by atoms with Gasteiger partial charge in [0.05, 0.1) is 6.54 Å². The second-order valence-electron chi connectivity index (χ2n) is 4.36. The largest absolute Gasteiger partial charge is 0.352 e. The van der Waals surface area contributed by atoms with Crippen molar-refractivity contribution in [3.05, 3.63) is 0 Å². The van der Waals surface area contributed by atoms with Crippen LogP contribution in [0.5, 0.6) is 0 Å². The SMILES string of the molecule is CCNCC(=O)NC1CCN(C(=O)CC)CC1. The van der Waals surface area contributed by atoms with Gasteiger partial charge < -0.3 is 15.5 Å². The van der Waals surface area contributed by atoms with Gasteiger partial charge in [-0.05, 0) is 19.4 Å². The molecule has 1 fully saturated rings. The summed E-state index contributed by atoms with van der Waals surface area (Å²) in [4.78, 5) is 24.8. The Morgan fingerprint density at radius 3 is 2.41 bits per heavy atom. The summed E-state index contributed by atoms with van der Waals surface area (Å²) in [5, 5.41) is 5.99. The molecule has 17 heavy (non-hydrogen) atoms. The third-order valence-corrected chi connectivity index (χ3v) is 3.05. The number of likely N-dealkylation sites (N-methyl/N-ethyl adjacent to an activating group) is 1. The maximum Gasteiger partial charge on any atom is 0.234 e. The lowest BCUT2D eigenvalue weighted by Crippen LogP contribution is -2.48. The standard InChI is InChI=1S/C12H23N3O2/c1-3-12(17)15-7-5-10(6-8-15)14-11(16)9-13-4-2/h10,13H,3-9H2,1-2H3,(H,14,16). The molecule has 98 valence electrons. The normalized spacial score (nSPS) is 16.9. The van der Waals surface area contributed by atoms with E-state index in [1.54, 1.807) is 0 Å². The van der Waals surface area contributed by atoms with Gasteiger partial charge in [-0.15, -0.1) is 0 Å². The zero-order valence-electron chi connectivity index (χ0n) is 10.8. The summed E-state index contributed by atoms with van der Waals surface area (Å²) < 4.78 is 0. The fraction of sp³-hybridized carbons (Fsp3) is 0.833. The van der Waals surface area contributed by atoms with Crippen LogP contribution in [0.25, 0.3) is 0 Å². The monoisotopic (exact) mass is 241 g/mol. The number of rotatable bonds is 5. The molecule has 0 aromatic carbocycles. The van der Waals surface area contributed by atoms with E-state index in [1.165, 1.54) is 0 Å². The van der Waals surface area contributed by atoms with Gasteiger partial charge >= 0.3 is 0 Å². The molecule has 0 atom stereocenters. The number of hydrogen-bond acceptors (Lipinski definition) is 3. The fourth-order valence-corrected chi connectivity index (χ4v) is 2.01. The van der Waals surface area contributed by atoms with Crippen molar-refractivity contribution < 1.29 is 9.59 Å². The van der Waals surface area contributed by atoms with Gasteiger partial charge in [0.15, 0.2) is 0 Å². The lowest BCUT2D eigenvalue weighted by atomic mass is 10.0. The Labute approximate surface area is 103 Å². The van der Waals surface area contributed by atoms with E-state index in [4.69, 9.17) is 0 Å². The molecular formula is C12H23N3O2. The summed E-state index contributed by atoms with van der Waals surface area (Å²) in [5.41, 5.74) is 0.